The number of hydrogen-bond acceptors (Lipinski definition) is 4. The highest BCUT2D eigenvalue weighted by atomic mass is 16.5. The van der Waals surface area contributed by atoms with Crippen LogP contribution in [-0.2, 0) is 21.5 Å². The van der Waals surface area contributed by atoms with E-state index < -0.39 is 5.41 Å². The number of para-hydroxylation sites is 1. The van der Waals surface area contributed by atoms with Crippen molar-refractivity contribution in [1.29, 1.82) is 0 Å². The third kappa shape index (κ3) is 3.56. The molecular weight excluding hydrogens is 448 g/mol. The Balaban J connectivity index is 1.10. The second-order valence-corrected chi connectivity index (χ2v) is 10.1. The highest BCUT2D eigenvalue weighted by Crippen LogP contribution is 2.64. The minimum atomic E-state index is -0.417. The molecule has 3 aliphatic rings. The van der Waals surface area contributed by atoms with Gasteiger partial charge in [-0.1, -0.05) is 60.7 Å². The molecule has 0 radical (unpaired) electrons. The van der Waals surface area contributed by atoms with E-state index in [2.05, 4.69) is 81.1 Å². The summed E-state index contributed by atoms with van der Waals surface area (Å²) in [4.78, 5) is 15.3. The van der Waals surface area contributed by atoms with Gasteiger partial charge in [-0.05, 0) is 46.9 Å². The average molecular weight is 477 g/mol. The Hall–Kier alpha value is -3.74. The van der Waals surface area contributed by atoms with Crippen molar-refractivity contribution in [2.75, 3.05) is 31.6 Å². The quantitative estimate of drug-likeness (QED) is 0.428. The number of H-pyrrole nitrogens is 1. The number of morpholine rings is 1. The Morgan fingerprint density at radius 1 is 1.03 bits per heavy atom. The largest absolute Gasteiger partial charge is 0.379 e. The number of ether oxygens (including phenoxy) is 1. The average Bonchev–Trinajstić information content (AvgIpc) is 3.44. The van der Waals surface area contributed by atoms with E-state index in [1.165, 1.54) is 16.7 Å². The first kappa shape index (κ1) is 21.5. The topological polar surface area (TPSA) is 70.2 Å². The van der Waals surface area contributed by atoms with Gasteiger partial charge in [-0.15, -0.1) is 0 Å². The maximum Gasteiger partial charge on any atom is 0.235 e. The molecule has 1 spiro atoms. The van der Waals surface area contributed by atoms with Gasteiger partial charge in [0.15, 0.2) is 0 Å². The summed E-state index contributed by atoms with van der Waals surface area (Å²) in [5, 5.41) is 11.9. The number of nitrogens with zero attached hydrogens (tertiary/aromatic N) is 2. The third-order valence-electron chi connectivity index (χ3n) is 7.94. The molecule has 1 saturated carbocycles. The van der Waals surface area contributed by atoms with E-state index in [4.69, 9.17) is 4.74 Å². The van der Waals surface area contributed by atoms with Gasteiger partial charge in [-0.2, -0.15) is 5.10 Å². The van der Waals surface area contributed by atoms with Crippen LogP contribution in [0.15, 0.2) is 66.7 Å². The molecular formula is C30H28N4O2. The number of nitrogens with one attached hydrogen (secondary N) is 2. The smallest absolute Gasteiger partial charge is 0.235 e. The zero-order chi connectivity index (χ0) is 24.1. The highest BCUT2D eigenvalue weighted by molar-refractivity contribution is 6.09. The van der Waals surface area contributed by atoms with Crippen LogP contribution in [-0.4, -0.2) is 47.3 Å². The summed E-state index contributed by atoms with van der Waals surface area (Å²) in [6, 6.07) is 23.2. The van der Waals surface area contributed by atoms with E-state index in [1.54, 1.807) is 0 Å². The molecule has 180 valence electrons. The van der Waals surface area contributed by atoms with Crippen LogP contribution < -0.4 is 5.32 Å². The highest BCUT2D eigenvalue weighted by Gasteiger charge is 2.65. The number of rotatable bonds is 5. The van der Waals surface area contributed by atoms with Crippen LogP contribution in [0.5, 0.6) is 0 Å². The molecule has 2 atom stereocenters. The predicted molar refractivity (Wildman–Crippen MR) is 142 cm³/mol. The Morgan fingerprint density at radius 3 is 2.83 bits per heavy atom. The number of amides is 1. The fourth-order valence-electron chi connectivity index (χ4n) is 5.94. The van der Waals surface area contributed by atoms with Gasteiger partial charge >= 0.3 is 0 Å². The van der Waals surface area contributed by atoms with E-state index >= 15 is 0 Å². The molecule has 2 aliphatic heterocycles. The van der Waals surface area contributed by atoms with Gasteiger partial charge in [0.1, 0.15) is 0 Å². The van der Waals surface area contributed by atoms with Crippen LogP contribution >= 0.6 is 0 Å². The van der Waals surface area contributed by atoms with E-state index in [1.807, 2.05) is 18.2 Å². The van der Waals surface area contributed by atoms with Crippen LogP contribution in [0.25, 0.3) is 23.1 Å². The van der Waals surface area contributed by atoms with E-state index in [-0.39, 0.29) is 11.8 Å². The van der Waals surface area contributed by atoms with Crippen molar-refractivity contribution in [2.24, 2.45) is 0 Å². The number of aromatic amines is 1. The van der Waals surface area contributed by atoms with Gasteiger partial charge in [-0.25, -0.2) is 0 Å². The van der Waals surface area contributed by atoms with E-state index in [0.29, 0.717) is 0 Å². The SMILES string of the molecule is O=C1Nc2ccccc2C12CC2c1ccc2c(/C=C/c3cccc(CN4CCOCC4)c3)n[nH]c2c1. The molecule has 1 amide bonds. The van der Waals surface area contributed by atoms with Gasteiger partial charge in [0.2, 0.25) is 5.91 Å². The number of carbonyl (C=O) groups excluding carboxylic acids is 1. The molecule has 6 nitrogen and oxygen atoms in total. The molecule has 36 heavy (non-hydrogen) atoms. The van der Waals surface area contributed by atoms with Crippen molar-refractivity contribution in [3.63, 3.8) is 0 Å². The normalized spacial score (nSPS) is 23.4. The zero-order valence-electron chi connectivity index (χ0n) is 20.0. The number of aromatic nitrogens is 2. The van der Waals surface area contributed by atoms with Crippen LogP contribution in [0.2, 0.25) is 0 Å². The molecule has 6 heteroatoms. The number of carbonyl (C=O) groups is 1. The first-order valence-electron chi connectivity index (χ1n) is 12.7. The summed E-state index contributed by atoms with van der Waals surface area (Å²) in [5.41, 5.74) is 7.25. The standard InChI is InChI=1S/C30H28N4O2/c35-29-30(24-6-1-2-7-27(24)31-29)18-25(30)22-9-10-23-26(32-33-28(23)17-22)11-8-20-4-3-5-21(16-20)19-34-12-14-36-15-13-34/h1-11,16-17,25H,12-15,18-19H2,(H,31,35)(H,32,33)/b11-8+. The van der Waals surface area contributed by atoms with Crippen LogP contribution in [0.1, 0.15) is 40.3 Å². The number of benzene rings is 3. The monoisotopic (exact) mass is 476 g/mol. The van der Waals surface area contributed by atoms with Gasteiger partial charge in [0, 0.05) is 36.6 Å². The van der Waals surface area contributed by atoms with E-state index in [0.717, 1.165) is 67.1 Å². The Morgan fingerprint density at radius 2 is 1.92 bits per heavy atom. The second-order valence-electron chi connectivity index (χ2n) is 10.1. The van der Waals surface area contributed by atoms with Gasteiger partial charge in [0.05, 0.1) is 29.8 Å². The minimum absolute atomic E-state index is 0.123. The second kappa shape index (κ2) is 8.43. The molecule has 2 fully saturated rings. The van der Waals surface area contributed by atoms with Gasteiger partial charge in [-0.3, -0.25) is 14.8 Å². The van der Waals surface area contributed by atoms with Crippen LogP contribution in [0.3, 0.4) is 0 Å². The van der Waals surface area contributed by atoms with Gasteiger partial charge < -0.3 is 10.1 Å². The van der Waals surface area contributed by atoms with Crippen molar-refractivity contribution in [3.8, 4) is 0 Å². The van der Waals surface area contributed by atoms with E-state index in [9.17, 15) is 4.79 Å². The first-order valence-corrected chi connectivity index (χ1v) is 12.7. The van der Waals surface area contributed by atoms with Crippen molar-refractivity contribution in [3.05, 3.63) is 94.7 Å². The maximum absolute atomic E-state index is 12.9. The summed E-state index contributed by atoms with van der Waals surface area (Å²) in [7, 11) is 0. The minimum Gasteiger partial charge on any atom is -0.379 e. The molecule has 1 aromatic heterocycles. The Bertz CT molecular complexity index is 1500. The molecule has 0 bridgehead atoms. The predicted octanol–water partition coefficient (Wildman–Crippen LogP) is 4.94. The van der Waals surface area contributed by atoms with Crippen LogP contribution in [0.4, 0.5) is 5.69 Å². The summed E-state index contributed by atoms with van der Waals surface area (Å²) in [6.45, 7) is 4.55. The summed E-state index contributed by atoms with van der Waals surface area (Å²) in [5.74, 6) is 0.319. The Kier molecular flexibility index (Phi) is 5.04. The van der Waals surface area contributed by atoms with Gasteiger partial charge in [0.25, 0.3) is 0 Å². The number of anilines is 1. The molecule has 2 unspecified atom stereocenters. The van der Waals surface area contributed by atoms with Crippen molar-refractivity contribution >= 4 is 34.6 Å². The van der Waals surface area contributed by atoms with Crippen molar-refractivity contribution < 1.29 is 9.53 Å². The summed E-state index contributed by atoms with van der Waals surface area (Å²) >= 11 is 0. The molecule has 2 N–H and O–H groups in total. The molecule has 1 saturated heterocycles. The summed E-state index contributed by atoms with van der Waals surface area (Å²) < 4.78 is 5.46. The number of hydrogen-bond donors (Lipinski definition) is 2. The zero-order valence-corrected chi connectivity index (χ0v) is 20.0. The fourth-order valence-corrected chi connectivity index (χ4v) is 5.94. The summed E-state index contributed by atoms with van der Waals surface area (Å²) in [6.07, 6.45) is 5.05. The lowest BCUT2D eigenvalue weighted by atomic mass is 9.92. The Labute approximate surface area is 210 Å². The lowest BCUT2D eigenvalue weighted by Gasteiger charge is -2.26. The first-order chi connectivity index (χ1) is 17.7. The van der Waals surface area contributed by atoms with Crippen molar-refractivity contribution in [2.45, 2.75) is 24.3 Å². The lowest BCUT2D eigenvalue weighted by molar-refractivity contribution is -0.118. The molecule has 3 aromatic carbocycles. The lowest BCUT2D eigenvalue weighted by Crippen LogP contribution is -2.35. The number of fused-ring (bicyclic) bond motifs is 3. The fraction of sp³-hybridized carbons (Fsp3) is 0.267. The molecule has 3 heterocycles. The molecule has 7 rings (SSSR count). The van der Waals surface area contributed by atoms with Crippen molar-refractivity contribution in [1.82, 2.24) is 15.1 Å². The maximum atomic E-state index is 12.9. The molecule has 4 aromatic rings. The third-order valence-corrected chi connectivity index (χ3v) is 7.94. The van der Waals surface area contributed by atoms with Crippen LogP contribution in [0, 0.1) is 0 Å². The molecule has 1 aliphatic carbocycles.